The number of benzene rings is 1. The van der Waals surface area contributed by atoms with Crippen LogP contribution in [0.15, 0.2) is 29.2 Å². The molecule has 0 aliphatic carbocycles. The Hall–Kier alpha value is -0.520. The van der Waals surface area contributed by atoms with Crippen molar-refractivity contribution in [3.63, 3.8) is 0 Å². The first-order valence-corrected chi connectivity index (χ1v) is 5.26. The maximum Gasteiger partial charge on any atom is 0.269 e. The molecular formula is C7H8O3S2. The van der Waals surface area contributed by atoms with E-state index in [2.05, 4.69) is 12.6 Å². The maximum absolute atomic E-state index is 10.4. The largest absolute Gasteiger partial charge is 0.285 e. The number of hydrogen-bond acceptors (Lipinski definition) is 3. The fourth-order valence-electron chi connectivity index (χ4n) is 0.803. The fourth-order valence-corrected chi connectivity index (χ4v) is 1.57. The quantitative estimate of drug-likeness (QED) is 0.565. The highest BCUT2D eigenvalue weighted by atomic mass is 32.2. The summed E-state index contributed by atoms with van der Waals surface area (Å²) in [5.41, 5.74) is 0.551. The van der Waals surface area contributed by atoms with E-state index < -0.39 is 10.1 Å². The Morgan fingerprint density at radius 1 is 1.25 bits per heavy atom. The van der Waals surface area contributed by atoms with Crippen LogP contribution in [0.1, 0.15) is 5.56 Å². The summed E-state index contributed by atoms with van der Waals surface area (Å²) in [7, 11) is -3.91. The summed E-state index contributed by atoms with van der Waals surface area (Å²) < 4.78 is 29.3. The third-order valence-corrected chi connectivity index (χ3v) is 2.28. The minimum absolute atomic E-state index is 0.346. The van der Waals surface area contributed by atoms with Crippen LogP contribution >= 0.6 is 12.6 Å². The Bertz CT molecular complexity index is 353. The van der Waals surface area contributed by atoms with Crippen LogP contribution in [0, 0.1) is 0 Å². The molecule has 1 aromatic carbocycles. The first-order chi connectivity index (χ1) is 5.47. The molecule has 0 radical (unpaired) electrons. The maximum atomic E-state index is 10.4. The second kappa shape index (κ2) is 3.47. The molecule has 12 heavy (non-hydrogen) atoms. The molecule has 1 rings (SSSR count). The lowest BCUT2D eigenvalue weighted by Crippen LogP contribution is -2.00. The summed E-state index contributed by atoms with van der Waals surface area (Å²) >= 11 is 4.03. The normalized spacial score (nSPS) is 11.5. The van der Waals surface area contributed by atoms with Crippen molar-refractivity contribution in [2.24, 2.45) is 0 Å². The van der Waals surface area contributed by atoms with Gasteiger partial charge in [-0.1, -0.05) is 12.1 Å². The topological polar surface area (TPSA) is 54.4 Å². The summed E-state index contributed by atoms with van der Waals surface area (Å²) in [5, 5.41) is 0. The lowest BCUT2D eigenvalue weighted by molar-refractivity contribution is 0.482. The second-order valence-electron chi connectivity index (χ2n) is 2.39. The third-order valence-electron chi connectivity index (χ3n) is 1.29. The minimum atomic E-state index is -3.91. The van der Waals surface area contributed by atoms with Crippen molar-refractivity contribution in [1.82, 2.24) is 0 Å². The Morgan fingerprint density at radius 3 is 2.17 bits per heavy atom. The van der Waals surface area contributed by atoms with E-state index in [0.717, 1.165) is 4.90 Å². The van der Waals surface area contributed by atoms with E-state index in [1.54, 1.807) is 24.3 Å². The van der Waals surface area contributed by atoms with Gasteiger partial charge in [0.25, 0.3) is 10.1 Å². The first kappa shape index (κ1) is 9.57. The highest BCUT2D eigenvalue weighted by Crippen LogP contribution is 2.09. The van der Waals surface area contributed by atoms with Crippen LogP contribution < -0.4 is 0 Å². The molecule has 1 N–H and O–H groups in total. The molecule has 0 amide bonds. The molecule has 0 saturated carbocycles. The van der Waals surface area contributed by atoms with Gasteiger partial charge in [-0.3, -0.25) is 4.55 Å². The van der Waals surface area contributed by atoms with Crippen molar-refractivity contribution in [3.8, 4) is 0 Å². The fraction of sp³-hybridized carbons (Fsp3) is 0.143. The molecule has 0 unspecified atom stereocenters. The minimum Gasteiger partial charge on any atom is -0.285 e. The van der Waals surface area contributed by atoms with E-state index in [1.165, 1.54) is 0 Å². The second-order valence-corrected chi connectivity index (χ2v) is 4.36. The van der Waals surface area contributed by atoms with Crippen LogP contribution in [-0.2, 0) is 15.9 Å². The Labute approximate surface area is 76.6 Å². The predicted octanol–water partition coefficient (Wildman–Crippen LogP) is 1.36. The van der Waals surface area contributed by atoms with Gasteiger partial charge in [-0.25, -0.2) is 0 Å². The van der Waals surface area contributed by atoms with E-state index in [1.807, 2.05) is 0 Å². The number of thiol groups is 1. The Kier molecular flexibility index (Phi) is 2.76. The molecule has 66 valence electrons. The predicted molar refractivity (Wildman–Crippen MR) is 48.9 cm³/mol. The zero-order chi connectivity index (χ0) is 9.19. The molecule has 0 fully saturated rings. The molecule has 0 saturated heterocycles. The molecule has 0 heterocycles. The molecule has 0 atom stereocenters. The summed E-state index contributed by atoms with van der Waals surface area (Å²) in [5.74, 6) is -0.346. The highest BCUT2D eigenvalue weighted by molar-refractivity contribution is 7.85. The molecule has 1 aromatic rings. The van der Waals surface area contributed by atoms with Crippen LogP contribution in [0.5, 0.6) is 0 Å². The number of hydrogen-bond donors (Lipinski definition) is 2. The van der Waals surface area contributed by atoms with Gasteiger partial charge in [-0.2, -0.15) is 8.42 Å². The molecule has 0 bridgehead atoms. The van der Waals surface area contributed by atoms with E-state index in [-0.39, 0.29) is 5.75 Å². The zero-order valence-corrected chi connectivity index (χ0v) is 7.85. The smallest absolute Gasteiger partial charge is 0.269 e. The molecule has 0 spiro atoms. The van der Waals surface area contributed by atoms with Gasteiger partial charge in [0, 0.05) is 4.90 Å². The molecule has 5 heteroatoms. The molecule has 0 aliphatic heterocycles. The Balaban J connectivity index is 2.85. The van der Waals surface area contributed by atoms with Crippen LogP contribution in [0.3, 0.4) is 0 Å². The SMILES string of the molecule is O=S(=O)(O)Cc1ccc(S)cc1. The van der Waals surface area contributed by atoms with Crippen molar-refractivity contribution < 1.29 is 13.0 Å². The summed E-state index contributed by atoms with van der Waals surface area (Å²) in [4.78, 5) is 0.758. The molecule has 3 nitrogen and oxygen atoms in total. The van der Waals surface area contributed by atoms with E-state index in [4.69, 9.17) is 4.55 Å². The summed E-state index contributed by atoms with van der Waals surface area (Å²) in [6.07, 6.45) is 0. The molecular weight excluding hydrogens is 196 g/mol. The lowest BCUT2D eigenvalue weighted by atomic mass is 10.2. The highest BCUT2D eigenvalue weighted by Gasteiger charge is 2.05. The van der Waals surface area contributed by atoms with Crippen LogP contribution in [-0.4, -0.2) is 13.0 Å². The van der Waals surface area contributed by atoms with Crippen LogP contribution in [0.4, 0.5) is 0 Å². The van der Waals surface area contributed by atoms with Crippen molar-refractivity contribution in [2.75, 3.05) is 0 Å². The van der Waals surface area contributed by atoms with E-state index in [0.29, 0.717) is 5.56 Å². The van der Waals surface area contributed by atoms with Gasteiger partial charge in [0.15, 0.2) is 0 Å². The average Bonchev–Trinajstić information content (AvgIpc) is 1.91. The average molecular weight is 204 g/mol. The van der Waals surface area contributed by atoms with Gasteiger partial charge in [0.05, 0.1) is 0 Å². The zero-order valence-electron chi connectivity index (χ0n) is 6.14. The lowest BCUT2D eigenvalue weighted by Gasteiger charge is -1.97. The van der Waals surface area contributed by atoms with Crippen molar-refractivity contribution >= 4 is 22.7 Å². The Morgan fingerprint density at radius 2 is 1.75 bits per heavy atom. The number of rotatable bonds is 2. The van der Waals surface area contributed by atoms with Gasteiger partial charge in [0.1, 0.15) is 5.75 Å². The summed E-state index contributed by atoms with van der Waals surface area (Å²) in [6.45, 7) is 0. The van der Waals surface area contributed by atoms with Gasteiger partial charge < -0.3 is 0 Å². The monoisotopic (exact) mass is 204 g/mol. The third kappa shape index (κ3) is 3.25. The van der Waals surface area contributed by atoms with Crippen LogP contribution in [0.25, 0.3) is 0 Å². The van der Waals surface area contributed by atoms with Crippen molar-refractivity contribution in [1.29, 1.82) is 0 Å². The van der Waals surface area contributed by atoms with Crippen molar-refractivity contribution in [3.05, 3.63) is 29.8 Å². The van der Waals surface area contributed by atoms with Gasteiger partial charge in [0.2, 0.25) is 0 Å². The summed E-state index contributed by atoms with van der Waals surface area (Å²) in [6, 6.07) is 6.56. The van der Waals surface area contributed by atoms with Crippen LogP contribution in [0.2, 0.25) is 0 Å². The van der Waals surface area contributed by atoms with E-state index >= 15 is 0 Å². The van der Waals surface area contributed by atoms with Crippen molar-refractivity contribution in [2.45, 2.75) is 10.6 Å². The molecule has 0 aromatic heterocycles. The van der Waals surface area contributed by atoms with E-state index in [9.17, 15) is 8.42 Å². The first-order valence-electron chi connectivity index (χ1n) is 3.20. The van der Waals surface area contributed by atoms with Gasteiger partial charge in [-0.15, -0.1) is 12.6 Å². The molecule has 0 aliphatic rings. The van der Waals surface area contributed by atoms with Gasteiger partial charge >= 0.3 is 0 Å². The standard InChI is InChI=1S/C7H8O3S2/c8-12(9,10)5-6-1-3-7(11)4-2-6/h1-4,11H,5H2,(H,8,9,10). The van der Waals surface area contributed by atoms with Gasteiger partial charge in [-0.05, 0) is 17.7 Å².